The van der Waals surface area contributed by atoms with Crippen LogP contribution in [0.5, 0.6) is 5.75 Å². The number of carbonyl (C=O) groups is 1. The Morgan fingerprint density at radius 3 is 2.58 bits per heavy atom. The van der Waals surface area contributed by atoms with Gasteiger partial charge in [-0.1, -0.05) is 18.2 Å². The van der Waals surface area contributed by atoms with Crippen molar-refractivity contribution in [2.24, 2.45) is 0 Å². The fraction of sp³-hybridized carbons (Fsp3) is 0.190. The zero-order chi connectivity index (χ0) is 18.7. The van der Waals surface area contributed by atoms with Gasteiger partial charge in [0.05, 0.1) is 25.0 Å². The summed E-state index contributed by atoms with van der Waals surface area (Å²) in [5.74, 6) is 0.412. The highest BCUT2D eigenvalue weighted by atomic mass is 16.5. The normalized spacial score (nSPS) is 10.6. The van der Waals surface area contributed by atoms with Crippen LogP contribution in [0.15, 0.2) is 54.6 Å². The van der Waals surface area contributed by atoms with Crippen LogP contribution in [0.2, 0.25) is 0 Å². The van der Waals surface area contributed by atoms with Crippen LogP contribution in [0, 0.1) is 6.92 Å². The van der Waals surface area contributed by atoms with E-state index in [2.05, 4.69) is 0 Å². The minimum atomic E-state index is -0.336. The van der Waals surface area contributed by atoms with Crippen LogP contribution in [0.3, 0.4) is 0 Å². The second-order valence-electron chi connectivity index (χ2n) is 5.91. The van der Waals surface area contributed by atoms with Gasteiger partial charge in [-0.25, -0.2) is 4.79 Å². The number of rotatable bonds is 5. The first kappa shape index (κ1) is 17.6. The molecule has 0 bridgehead atoms. The molecule has 134 valence electrons. The highest BCUT2D eigenvalue weighted by Gasteiger charge is 2.20. The van der Waals surface area contributed by atoms with Gasteiger partial charge >= 0.3 is 5.97 Å². The van der Waals surface area contributed by atoms with Crippen molar-refractivity contribution in [2.75, 3.05) is 19.5 Å². The number of hydrogen-bond donors (Lipinski definition) is 1. The minimum Gasteiger partial charge on any atom is -0.497 e. The first-order valence-electron chi connectivity index (χ1n) is 8.45. The van der Waals surface area contributed by atoms with Crippen LogP contribution in [0.1, 0.15) is 23.0 Å². The van der Waals surface area contributed by atoms with Gasteiger partial charge in [0.15, 0.2) is 0 Å². The Hall–Kier alpha value is -3.21. The average Bonchev–Trinajstić information content (AvgIpc) is 2.99. The molecule has 0 fully saturated rings. The quantitative estimate of drug-likeness (QED) is 0.553. The van der Waals surface area contributed by atoms with Crippen LogP contribution in [0.25, 0.3) is 16.9 Å². The number of hydrogen-bond acceptors (Lipinski definition) is 4. The van der Waals surface area contributed by atoms with Crippen molar-refractivity contribution in [3.63, 3.8) is 0 Å². The van der Waals surface area contributed by atoms with Gasteiger partial charge in [-0.15, -0.1) is 0 Å². The standard InChI is InChI=1S/C21H22N2O3/c1-4-26-21(24)19-13-20(15-7-5-10-18(11-15)25-3)23(14(19)2)17-9-6-8-16(22)12-17/h5-13H,4,22H2,1-3H3. The Bertz CT molecular complexity index is 944. The highest BCUT2D eigenvalue weighted by Crippen LogP contribution is 2.32. The fourth-order valence-corrected chi connectivity index (χ4v) is 3.01. The van der Waals surface area contributed by atoms with E-state index in [0.717, 1.165) is 28.4 Å². The van der Waals surface area contributed by atoms with Crippen molar-refractivity contribution in [1.29, 1.82) is 0 Å². The molecule has 2 N–H and O–H groups in total. The molecule has 1 aromatic heterocycles. The maximum absolute atomic E-state index is 12.4. The van der Waals surface area contributed by atoms with Crippen molar-refractivity contribution < 1.29 is 14.3 Å². The third-order valence-electron chi connectivity index (χ3n) is 4.24. The lowest BCUT2D eigenvalue weighted by Crippen LogP contribution is -2.07. The Morgan fingerprint density at radius 2 is 1.88 bits per heavy atom. The lowest BCUT2D eigenvalue weighted by molar-refractivity contribution is 0.0525. The maximum Gasteiger partial charge on any atom is 0.339 e. The van der Waals surface area contributed by atoms with Gasteiger partial charge in [0, 0.05) is 22.6 Å². The molecule has 3 rings (SSSR count). The molecular formula is C21H22N2O3. The summed E-state index contributed by atoms with van der Waals surface area (Å²) in [7, 11) is 1.63. The number of anilines is 1. The molecular weight excluding hydrogens is 328 g/mol. The highest BCUT2D eigenvalue weighted by molar-refractivity contribution is 5.93. The summed E-state index contributed by atoms with van der Waals surface area (Å²) < 4.78 is 12.6. The van der Waals surface area contributed by atoms with Crippen LogP contribution in [-0.2, 0) is 4.74 Å². The molecule has 0 aliphatic rings. The molecule has 0 unspecified atom stereocenters. The zero-order valence-electron chi connectivity index (χ0n) is 15.2. The first-order chi connectivity index (χ1) is 12.5. The van der Waals surface area contributed by atoms with E-state index in [0.29, 0.717) is 17.9 Å². The number of nitrogen functional groups attached to an aromatic ring is 1. The molecule has 26 heavy (non-hydrogen) atoms. The largest absolute Gasteiger partial charge is 0.497 e. The van der Waals surface area contributed by atoms with Gasteiger partial charge in [0.25, 0.3) is 0 Å². The Balaban J connectivity index is 2.24. The fourth-order valence-electron chi connectivity index (χ4n) is 3.01. The van der Waals surface area contributed by atoms with Crippen molar-refractivity contribution >= 4 is 11.7 Å². The molecule has 0 saturated heterocycles. The van der Waals surface area contributed by atoms with E-state index >= 15 is 0 Å². The number of nitrogens with zero attached hydrogens (tertiary/aromatic N) is 1. The molecule has 0 atom stereocenters. The monoisotopic (exact) mass is 350 g/mol. The number of aromatic nitrogens is 1. The summed E-state index contributed by atoms with van der Waals surface area (Å²) >= 11 is 0. The summed E-state index contributed by atoms with van der Waals surface area (Å²) in [6.45, 7) is 4.03. The Labute approximate surface area is 153 Å². The van der Waals surface area contributed by atoms with Gasteiger partial charge in [-0.05, 0) is 50.2 Å². The number of esters is 1. The number of ether oxygens (including phenoxy) is 2. The molecule has 2 aromatic carbocycles. The molecule has 0 saturated carbocycles. The third-order valence-corrected chi connectivity index (χ3v) is 4.24. The van der Waals surface area contributed by atoms with E-state index in [9.17, 15) is 4.79 Å². The maximum atomic E-state index is 12.4. The van der Waals surface area contributed by atoms with Gasteiger partial charge in [0.1, 0.15) is 5.75 Å². The van der Waals surface area contributed by atoms with Gasteiger partial charge in [-0.3, -0.25) is 0 Å². The molecule has 0 aliphatic heterocycles. The first-order valence-corrected chi connectivity index (χ1v) is 8.45. The van der Waals surface area contributed by atoms with Crippen LogP contribution in [-0.4, -0.2) is 24.3 Å². The Morgan fingerprint density at radius 1 is 1.12 bits per heavy atom. The summed E-state index contributed by atoms with van der Waals surface area (Å²) in [4.78, 5) is 12.4. The molecule has 5 heteroatoms. The van der Waals surface area contributed by atoms with Crippen molar-refractivity contribution in [2.45, 2.75) is 13.8 Å². The second kappa shape index (κ2) is 7.35. The van der Waals surface area contributed by atoms with E-state index < -0.39 is 0 Å². The second-order valence-corrected chi connectivity index (χ2v) is 5.91. The zero-order valence-corrected chi connectivity index (χ0v) is 15.2. The van der Waals surface area contributed by atoms with Gasteiger partial charge in [0.2, 0.25) is 0 Å². The molecule has 0 aliphatic carbocycles. The van der Waals surface area contributed by atoms with E-state index in [4.69, 9.17) is 15.2 Å². The van der Waals surface area contributed by atoms with Gasteiger partial charge < -0.3 is 19.8 Å². The lowest BCUT2D eigenvalue weighted by atomic mass is 10.1. The van der Waals surface area contributed by atoms with E-state index in [-0.39, 0.29) is 5.97 Å². The molecule has 0 radical (unpaired) electrons. The minimum absolute atomic E-state index is 0.330. The summed E-state index contributed by atoms with van der Waals surface area (Å²) in [5, 5.41) is 0. The van der Waals surface area contributed by atoms with E-state index in [1.165, 1.54) is 0 Å². The van der Waals surface area contributed by atoms with Crippen LogP contribution < -0.4 is 10.5 Å². The number of nitrogens with two attached hydrogens (primary N) is 1. The third kappa shape index (κ3) is 3.28. The predicted octanol–water partition coefficient (Wildman–Crippen LogP) is 4.22. The van der Waals surface area contributed by atoms with Crippen LogP contribution in [0.4, 0.5) is 5.69 Å². The molecule has 0 spiro atoms. The Kier molecular flexibility index (Phi) is 4.98. The van der Waals surface area contributed by atoms with Crippen molar-refractivity contribution in [3.05, 3.63) is 65.9 Å². The van der Waals surface area contributed by atoms with E-state index in [1.807, 2.05) is 66.1 Å². The number of methoxy groups -OCH3 is 1. The van der Waals surface area contributed by atoms with E-state index in [1.54, 1.807) is 14.0 Å². The SMILES string of the molecule is CCOC(=O)c1cc(-c2cccc(OC)c2)n(-c2cccc(N)c2)c1C. The lowest BCUT2D eigenvalue weighted by Gasteiger charge is -2.13. The van der Waals surface area contributed by atoms with Crippen molar-refractivity contribution in [3.8, 4) is 22.7 Å². The summed E-state index contributed by atoms with van der Waals surface area (Å²) in [6, 6.07) is 17.1. The smallest absolute Gasteiger partial charge is 0.339 e. The predicted molar refractivity (Wildman–Crippen MR) is 103 cm³/mol. The molecule has 3 aromatic rings. The summed E-state index contributed by atoms with van der Waals surface area (Å²) in [6.07, 6.45) is 0. The van der Waals surface area contributed by atoms with Crippen LogP contribution >= 0.6 is 0 Å². The number of benzene rings is 2. The van der Waals surface area contributed by atoms with Crippen molar-refractivity contribution in [1.82, 2.24) is 4.57 Å². The molecule has 5 nitrogen and oxygen atoms in total. The topological polar surface area (TPSA) is 66.5 Å². The molecule has 0 amide bonds. The molecule has 1 heterocycles. The summed E-state index contributed by atoms with van der Waals surface area (Å²) in [5.41, 5.74) is 10.7. The number of carbonyl (C=O) groups excluding carboxylic acids is 1. The van der Waals surface area contributed by atoms with Gasteiger partial charge in [-0.2, -0.15) is 0 Å². The average molecular weight is 350 g/mol.